The molecule has 0 bridgehead atoms. The van der Waals surface area contributed by atoms with Crippen molar-refractivity contribution in [3.05, 3.63) is 24.0 Å². The van der Waals surface area contributed by atoms with Crippen LogP contribution in [0.4, 0.5) is 0 Å². The van der Waals surface area contributed by atoms with Crippen molar-refractivity contribution in [1.82, 2.24) is 4.98 Å². The summed E-state index contributed by atoms with van der Waals surface area (Å²) in [5.74, 6) is 1.87. The average molecular weight is 225 g/mol. The molecule has 1 aromatic heterocycles. The van der Waals surface area contributed by atoms with Gasteiger partial charge in [0.05, 0.1) is 11.8 Å². The highest BCUT2D eigenvalue weighted by atomic mass is 32.2. The van der Waals surface area contributed by atoms with Crippen LogP contribution in [-0.4, -0.2) is 15.8 Å². The lowest BCUT2D eigenvalue weighted by Gasteiger charge is -2.08. The van der Waals surface area contributed by atoms with Gasteiger partial charge in [-0.05, 0) is 25.0 Å². The third-order valence-corrected chi connectivity index (χ3v) is 3.73. The molecule has 3 heteroatoms. The van der Waals surface area contributed by atoms with E-state index in [0.29, 0.717) is 0 Å². The highest BCUT2D eigenvalue weighted by molar-refractivity contribution is 7.99. The maximum absolute atomic E-state index is 9.30. The predicted molar refractivity (Wildman–Crippen MR) is 65.0 cm³/mol. The van der Waals surface area contributed by atoms with E-state index in [1.54, 1.807) is 6.92 Å². The van der Waals surface area contributed by atoms with Crippen LogP contribution >= 0.6 is 11.8 Å². The summed E-state index contributed by atoms with van der Waals surface area (Å²) in [6, 6.07) is 3.92. The Balaban J connectivity index is 2.50. The minimum atomic E-state index is -0.474. The fourth-order valence-electron chi connectivity index (χ4n) is 1.08. The molecule has 2 atom stereocenters. The van der Waals surface area contributed by atoms with Crippen LogP contribution in [0.1, 0.15) is 39.0 Å². The third kappa shape index (κ3) is 4.22. The molecule has 1 unspecified atom stereocenters. The second kappa shape index (κ2) is 6.13. The molecule has 0 aliphatic heterocycles. The lowest BCUT2D eigenvalue weighted by atomic mass is 10.2. The Labute approximate surface area is 96.1 Å². The summed E-state index contributed by atoms with van der Waals surface area (Å²) >= 11 is 1.83. The molecule has 84 valence electrons. The largest absolute Gasteiger partial charge is 0.387 e. The van der Waals surface area contributed by atoms with E-state index >= 15 is 0 Å². The Bertz CT molecular complexity index is 284. The van der Waals surface area contributed by atoms with Crippen molar-refractivity contribution in [2.75, 3.05) is 5.75 Å². The van der Waals surface area contributed by atoms with E-state index in [2.05, 4.69) is 18.8 Å². The van der Waals surface area contributed by atoms with E-state index in [-0.39, 0.29) is 0 Å². The Morgan fingerprint density at radius 3 is 2.60 bits per heavy atom. The number of rotatable bonds is 5. The molecule has 2 nitrogen and oxygen atoms in total. The first-order valence-electron chi connectivity index (χ1n) is 5.40. The summed E-state index contributed by atoms with van der Waals surface area (Å²) in [6.07, 6.45) is 2.58. The molecule has 15 heavy (non-hydrogen) atoms. The number of aliphatic hydroxyl groups excluding tert-OH is 1. The van der Waals surface area contributed by atoms with Crippen LogP contribution < -0.4 is 0 Å². The van der Waals surface area contributed by atoms with Crippen molar-refractivity contribution in [2.24, 2.45) is 5.92 Å². The summed E-state index contributed by atoms with van der Waals surface area (Å²) in [5.41, 5.74) is 0.739. The summed E-state index contributed by atoms with van der Waals surface area (Å²) < 4.78 is 0. The van der Waals surface area contributed by atoms with E-state index in [0.717, 1.165) is 17.4 Å². The molecule has 1 rings (SSSR count). The number of aliphatic hydroxyl groups is 1. The number of thioether (sulfide) groups is 1. The van der Waals surface area contributed by atoms with Gasteiger partial charge in [0, 0.05) is 16.8 Å². The van der Waals surface area contributed by atoms with Gasteiger partial charge in [0.1, 0.15) is 0 Å². The monoisotopic (exact) mass is 225 g/mol. The van der Waals surface area contributed by atoms with E-state index in [1.807, 2.05) is 30.1 Å². The van der Waals surface area contributed by atoms with Crippen molar-refractivity contribution >= 4 is 11.8 Å². The minimum Gasteiger partial charge on any atom is -0.387 e. The standard InChI is InChI=1S/C12H19NOS/c1-4-9(2)8-15-11-5-6-12(10(3)14)13-7-11/h5-7,9-10,14H,4,8H2,1-3H3/t9?,10-/m0/s1. The molecule has 0 radical (unpaired) electrons. The molecule has 0 aliphatic rings. The third-order valence-electron chi connectivity index (χ3n) is 2.42. The molecular formula is C12H19NOS. The van der Waals surface area contributed by atoms with Gasteiger partial charge < -0.3 is 5.11 Å². The molecule has 0 saturated carbocycles. The summed E-state index contributed by atoms with van der Waals surface area (Å²) in [5, 5.41) is 9.30. The zero-order chi connectivity index (χ0) is 11.3. The predicted octanol–water partition coefficient (Wildman–Crippen LogP) is 3.27. The first-order valence-corrected chi connectivity index (χ1v) is 6.38. The van der Waals surface area contributed by atoms with Crippen LogP contribution in [0, 0.1) is 5.92 Å². The number of hydrogen-bond donors (Lipinski definition) is 1. The van der Waals surface area contributed by atoms with Gasteiger partial charge in [0.25, 0.3) is 0 Å². The van der Waals surface area contributed by atoms with Crippen molar-refractivity contribution in [2.45, 2.75) is 38.2 Å². The zero-order valence-electron chi connectivity index (χ0n) is 9.60. The molecule has 0 saturated heterocycles. The molecule has 0 aliphatic carbocycles. The van der Waals surface area contributed by atoms with Gasteiger partial charge in [0.2, 0.25) is 0 Å². The molecule has 1 heterocycles. The van der Waals surface area contributed by atoms with Crippen LogP contribution in [0.2, 0.25) is 0 Å². The number of aromatic nitrogens is 1. The van der Waals surface area contributed by atoms with Gasteiger partial charge in [-0.2, -0.15) is 0 Å². The van der Waals surface area contributed by atoms with Crippen LogP contribution in [0.15, 0.2) is 23.2 Å². The topological polar surface area (TPSA) is 33.1 Å². The van der Waals surface area contributed by atoms with Gasteiger partial charge in [-0.15, -0.1) is 11.8 Å². The van der Waals surface area contributed by atoms with Gasteiger partial charge in [0.15, 0.2) is 0 Å². The van der Waals surface area contributed by atoms with Gasteiger partial charge in [-0.25, -0.2) is 0 Å². The van der Waals surface area contributed by atoms with Crippen LogP contribution in [0.3, 0.4) is 0 Å². The van der Waals surface area contributed by atoms with Crippen LogP contribution in [-0.2, 0) is 0 Å². The maximum Gasteiger partial charge on any atom is 0.0931 e. The highest BCUT2D eigenvalue weighted by Crippen LogP contribution is 2.22. The summed E-state index contributed by atoms with van der Waals surface area (Å²) in [4.78, 5) is 5.39. The Kier molecular flexibility index (Phi) is 5.12. The Hall–Kier alpha value is -0.540. The first-order chi connectivity index (χ1) is 7.13. The Morgan fingerprint density at radius 1 is 1.40 bits per heavy atom. The second-order valence-electron chi connectivity index (χ2n) is 3.92. The lowest BCUT2D eigenvalue weighted by Crippen LogP contribution is -1.97. The quantitative estimate of drug-likeness (QED) is 0.781. The number of hydrogen-bond acceptors (Lipinski definition) is 3. The molecule has 0 aromatic carbocycles. The normalized spacial score (nSPS) is 14.9. The summed E-state index contributed by atoms with van der Waals surface area (Å²) in [7, 11) is 0. The zero-order valence-corrected chi connectivity index (χ0v) is 10.4. The highest BCUT2D eigenvalue weighted by Gasteiger charge is 2.03. The maximum atomic E-state index is 9.30. The average Bonchev–Trinajstić information content (AvgIpc) is 2.26. The van der Waals surface area contributed by atoms with Crippen molar-refractivity contribution < 1.29 is 5.11 Å². The van der Waals surface area contributed by atoms with Crippen molar-refractivity contribution in [3.8, 4) is 0 Å². The first kappa shape index (κ1) is 12.5. The molecule has 0 spiro atoms. The van der Waals surface area contributed by atoms with Gasteiger partial charge in [-0.1, -0.05) is 20.3 Å². The smallest absolute Gasteiger partial charge is 0.0931 e. The van der Waals surface area contributed by atoms with Crippen molar-refractivity contribution in [1.29, 1.82) is 0 Å². The Morgan fingerprint density at radius 2 is 2.13 bits per heavy atom. The van der Waals surface area contributed by atoms with Gasteiger partial charge >= 0.3 is 0 Å². The molecule has 0 amide bonds. The second-order valence-corrected chi connectivity index (χ2v) is 5.01. The van der Waals surface area contributed by atoms with Crippen molar-refractivity contribution in [3.63, 3.8) is 0 Å². The van der Waals surface area contributed by atoms with E-state index in [1.165, 1.54) is 11.3 Å². The fraction of sp³-hybridized carbons (Fsp3) is 0.583. The van der Waals surface area contributed by atoms with E-state index < -0.39 is 6.10 Å². The van der Waals surface area contributed by atoms with E-state index in [9.17, 15) is 5.11 Å². The minimum absolute atomic E-state index is 0.474. The molecule has 1 N–H and O–H groups in total. The fourth-order valence-corrected chi connectivity index (χ4v) is 2.08. The molecule has 1 aromatic rings. The number of nitrogens with zero attached hydrogens (tertiary/aromatic N) is 1. The molecule has 0 fully saturated rings. The van der Waals surface area contributed by atoms with Crippen LogP contribution in [0.5, 0.6) is 0 Å². The van der Waals surface area contributed by atoms with Gasteiger partial charge in [-0.3, -0.25) is 4.98 Å². The molecular weight excluding hydrogens is 206 g/mol. The van der Waals surface area contributed by atoms with E-state index in [4.69, 9.17) is 0 Å². The summed E-state index contributed by atoms with van der Waals surface area (Å²) in [6.45, 7) is 6.19. The van der Waals surface area contributed by atoms with Crippen LogP contribution in [0.25, 0.3) is 0 Å². The lowest BCUT2D eigenvalue weighted by molar-refractivity contribution is 0.194. The number of pyridine rings is 1. The SMILES string of the molecule is CCC(C)CSc1ccc([C@H](C)O)nc1.